The lowest BCUT2D eigenvalue weighted by molar-refractivity contribution is -0.132. The summed E-state index contributed by atoms with van der Waals surface area (Å²) in [6, 6.07) is 7.24. The van der Waals surface area contributed by atoms with E-state index in [0.717, 1.165) is 0 Å². The minimum atomic E-state index is -0.906. The van der Waals surface area contributed by atoms with Crippen LogP contribution in [0.2, 0.25) is 0 Å². The second-order valence-corrected chi connectivity index (χ2v) is 3.35. The second-order valence-electron chi connectivity index (χ2n) is 3.35. The number of aliphatic carboxylic acids is 1. The van der Waals surface area contributed by atoms with Crippen molar-refractivity contribution >= 4 is 5.97 Å². The first kappa shape index (κ1) is 13.1. The fourth-order valence-electron chi connectivity index (χ4n) is 1.35. The van der Waals surface area contributed by atoms with E-state index in [0.29, 0.717) is 23.5 Å². The van der Waals surface area contributed by atoms with Gasteiger partial charge < -0.3 is 14.6 Å². The molecule has 4 nitrogen and oxygen atoms in total. The highest BCUT2D eigenvalue weighted by Crippen LogP contribution is 2.25. The number of ether oxygens (including phenoxy) is 2. The lowest BCUT2D eigenvalue weighted by atomic mass is 10.2. The summed E-state index contributed by atoms with van der Waals surface area (Å²) in [6.07, 6.45) is 2.04. The average Bonchev–Trinajstić information content (AvgIpc) is 2.34. The van der Waals surface area contributed by atoms with Gasteiger partial charge in [0, 0.05) is 5.57 Å². The van der Waals surface area contributed by atoms with Gasteiger partial charge in [0.1, 0.15) is 6.61 Å². The van der Waals surface area contributed by atoms with Gasteiger partial charge in [-0.25, -0.2) is 4.79 Å². The van der Waals surface area contributed by atoms with Crippen molar-refractivity contribution in [2.24, 2.45) is 0 Å². The van der Waals surface area contributed by atoms with Gasteiger partial charge >= 0.3 is 5.97 Å². The first-order valence-electron chi connectivity index (χ1n) is 5.37. The SMILES string of the molecule is CCC(=CCOc1ccccc1OC)C(=O)O. The molecule has 0 aromatic heterocycles. The Kier molecular flexibility index (Phi) is 5.07. The van der Waals surface area contributed by atoms with E-state index in [1.807, 2.05) is 12.1 Å². The lowest BCUT2D eigenvalue weighted by Gasteiger charge is -2.08. The van der Waals surface area contributed by atoms with Crippen LogP contribution in [0, 0.1) is 0 Å². The van der Waals surface area contributed by atoms with Gasteiger partial charge in [0.05, 0.1) is 7.11 Å². The molecular weight excluding hydrogens is 220 g/mol. The molecule has 0 heterocycles. The van der Waals surface area contributed by atoms with E-state index in [1.54, 1.807) is 32.2 Å². The van der Waals surface area contributed by atoms with Crippen molar-refractivity contribution in [3.05, 3.63) is 35.9 Å². The molecule has 0 saturated heterocycles. The van der Waals surface area contributed by atoms with Gasteiger partial charge in [-0.1, -0.05) is 19.1 Å². The van der Waals surface area contributed by atoms with Gasteiger partial charge in [0.15, 0.2) is 11.5 Å². The van der Waals surface area contributed by atoms with Crippen LogP contribution in [0.1, 0.15) is 13.3 Å². The van der Waals surface area contributed by atoms with Crippen LogP contribution in [0.4, 0.5) is 0 Å². The standard InChI is InChI=1S/C13H16O4/c1-3-10(13(14)15)8-9-17-12-7-5-4-6-11(12)16-2/h4-8H,3,9H2,1-2H3,(H,14,15). The Bertz CT molecular complexity index is 410. The maximum Gasteiger partial charge on any atom is 0.331 e. The number of hydrogen-bond acceptors (Lipinski definition) is 3. The first-order chi connectivity index (χ1) is 8.19. The Morgan fingerprint density at radius 1 is 1.35 bits per heavy atom. The summed E-state index contributed by atoms with van der Waals surface area (Å²) in [5, 5.41) is 8.82. The molecule has 1 aromatic rings. The van der Waals surface area contributed by atoms with E-state index in [1.165, 1.54) is 0 Å². The monoisotopic (exact) mass is 236 g/mol. The van der Waals surface area contributed by atoms with Crippen molar-refractivity contribution in [1.29, 1.82) is 0 Å². The van der Waals surface area contributed by atoms with Gasteiger partial charge in [0.2, 0.25) is 0 Å². The van der Waals surface area contributed by atoms with E-state index >= 15 is 0 Å². The zero-order valence-electron chi connectivity index (χ0n) is 9.97. The molecule has 17 heavy (non-hydrogen) atoms. The van der Waals surface area contributed by atoms with Crippen LogP contribution in [0.25, 0.3) is 0 Å². The Hall–Kier alpha value is -1.97. The predicted molar refractivity (Wildman–Crippen MR) is 64.5 cm³/mol. The normalized spacial score (nSPS) is 11.1. The zero-order chi connectivity index (χ0) is 12.7. The van der Waals surface area contributed by atoms with Crippen LogP contribution in [0.3, 0.4) is 0 Å². The minimum absolute atomic E-state index is 0.218. The number of benzene rings is 1. The Morgan fingerprint density at radius 3 is 2.53 bits per heavy atom. The number of carboxylic acids is 1. The third-order valence-corrected chi connectivity index (χ3v) is 2.29. The van der Waals surface area contributed by atoms with Crippen LogP contribution in [-0.2, 0) is 4.79 Å². The largest absolute Gasteiger partial charge is 0.493 e. The Morgan fingerprint density at radius 2 is 2.00 bits per heavy atom. The Balaban J connectivity index is 2.64. The van der Waals surface area contributed by atoms with Crippen LogP contribution in [-0.4, -0.2) is 24.8 Å². The number of hydrogen-bond donors (Lipinski definition) is 1. The molecule has 0 aliphatic rings. The molecule has 1 aromatic carbocycles. The molecule has 92 valence electrons. The van der Waals surface area contributed by atoms with Crippen molar-refractivity contribution in [3.8, 4) is 11.5 Å². The predicted octanol–water partition coefficient (Wildman–Crippen LogP) is 2.50. The molecule has 0 saturated carbocycles. The smallest absolute Gasteiger partial charge is 0.331 e. The summed E-state index contributed by atoms with van der Waals surface area (Å²) in [6.45, 7) is 2.01. The van der Waals surface area contributed by atoms with Crippen LogP contribution >= 0.6 is 0 Å². The minimum Gasteiger partial charge on any atom is -0.493 e. The number of carboxylic acid groups (broad SMARTS) is 1. The number of para-hydroxylation sites is 2. The van der Waals surface area contributed by atoms with Crippen LogP contribution in [0.5, 0.6) is 11.5 Å². The quantitative estimate of drug-likeness (QED) is 0.771. The average molecular weight is 236 g/mol. The highest BCUT2D eigenvalue weighted by Gasteiger charge is 2.04. The summed E-state index contributed by atoms with van der Waals surface area (Å²) in [5.41, 5.74) is 0.347. The molecule has 4 heteroatoms. The van der Waals surface area contributed by atoms with E-state index < -0.39 is 5.97 Å². The summed E-state index contributed by atoms with van der Waals surface area (Å²) >= 11 is 0. The molecule has 0 fully saturated rings. The molecule has 0 unspecified atom stereocenters. The van der Waals surface area contributed by atoms with Gasteiger partial charge in [-0.05, 0) is 24.6 Å². The van der Waals surface area contributed by atoms with Crippen LogP contribution in [0.15, 0.2) is 35.9 Å². The van der Waals surface area contributed by atoms with Gasteiger partial charge in [-0.15, -0.1) is 0 Å². The molecule has 0 aliphatic carbocycles. The molecule has 0 bridgehead atoms. The van der Waals surface area contributed by atoms with Crippen molar-refractivity contribution in [1.82, 2.24) is 0 Å². The lowest BCUT2D eigenvalue weighted by Crippen LogP contribution is -2.03. The third-order valence-electron chi connectivity index (χ3n) is 2.29. The van der Waals surface area contributed by atoms with E-state index in [2.05, 4.69) is 0 Å². The number of methoxy groups -OCH3 is 1. The summed E-state index contributed by atoms with van der Waals surface area (Å²) in [5.74, 6) is 0.331. The number of carbonyl (C=O) groups is 1. The Labute approximate surface area is 100 Å². The van der Waals surface area contributed by atoms with Crippen molar-refractivity contribution in [2.45, 2.75) is 13.3 Å². The molecule has 0 amide bonds. The molecule has 0 spiro atoms. The number of rotatable bonds is 6. The fraction of sp³-hybridized carbons (Fsp3) is 0.308. The van der Waals surface area contributed by atoms with Crippen LogP contribution < -0.4 is 9.47 Å². The molecular formula is C13H16O4. The summed E-state index contributed by atoms with van der Waals surface area (Å²) in [7, 11) is 1.56. The third kappa shape index (κ3) is 3.83. The first-order valence-corrected chi connectivity index (χ1v) is 5.37. The maximum atomic E-state index is 10.7. The summed E-state index contributed by atoms with van der Waals surface area (Å²) in [4.78, 5) is 10.7. The summed E-state index contributed by atoms with van der Waals surface area (Å²) < 4.78 is 10.6. The fourth-order valence-corrected chi connectivity index (χ4v) is 1.35. The molecule has 0 radical (unpaired) electrons. The van der Waals surface area contributed by atoms with E-state index in [9.17, 15) is 4.79 Å². The van der Waals surface area contributed by atoms with Crippen molar-refractivity contribution in [2.75, 3.05) is 13.7 Å². The molecule has 0 aliphatic heterocycles. The molecule has 1 rings (SSSR count). The van der Waals surface area contributed by atoms with Crippen molar-refractivity contribution in [3.63, 3.8) is 0 Å². The highest BCUT2D eigenvalue weighted by molar-refractivity contribution is 5.86. The van der Waals surface area contributed by atoms with Crippen molar-refractivity contribution < 1.29 is 19.4 Å². The highest BCUT2D eigenvalue weighted by atomic mass is 16.5. The second kappa shape index (κ2) is 6.58. The van der Waals surface area contributed by atoms with Gasteiger partial charge in [-0.3, -0.25) is 0 Å². The molecule has 1 N–H and O–H groups in total. The van der Waals surface area contributed by atoms with Gasteiger partial charge in [-0.2, -0.15) is 0 Å². The maximum absolute atomic E-state index is 10.7. The topological polar surface area (TPSA) is 55.8 Å². The van der Waals surface area contributed by atoms with E-state index in [4.69, 9.17) is 14.6 Å². The van der Waals surface area contributed by atoms with E-state index in [-0.39, 0.29) is 6.61 Å². The zero-order valence-corrected chi connectivity index (χ0v) is 9.97. The molecule has 0 atom stereocenters. The van der Waals surface area contributed by atoms with Gasteiger partial charge in [0.25, 0.3) is 0 Å².